The van der Waals surface area contributed by atoms with Crippen LogP contribution in [0, 0.1) is 29.1 Å². The van der Waals surface area contributed by atoms with Crippen LogP contribution in [0.25, 0.3) is 0 Å². The minimum absolute atomic E-state index is 0.0420. The number of rotatable bonds is 8. The van der Waals surface area contributed by atoms with Crippen molar-refractivity contribution in [3.05, 3.63) is 29.8 Å². The second kappa shape index (κ2) is 8.75. The smallest absolute Gasteiger partial charge is 0.387 e. The summed E-state index contributed by atoms with van der Waals surface area (Å²) in [6.45, 7) is 1.25. The summed E-state index contributed by atoms with van der Waals surface area (Å²) in [7, 11) is 0. The lowest BCUT2D eigenvalue weighted by atomic mass is 9.49. The number of benzene rings is 1. The van der Waals surface area contributed by atoms with E-state index in [9.17, 15) is 18.4 Å². The van der Waals surface area contributed by atoms with Gasteiger partial charge in [-0.2, -0.15) is 8.78 Å². The molecule has 1 aromatic rings. The summed E-state index contributed by atoms with van der Waals surface area (Å²) in [4.78, 5) is 26.2. The van der Waals surface area contributed by atoms with Crippen LogP contribution >= 0.6 is 0 Å². The normalized spacial score (nSPS) is 29.8. The molecule has 4 fully saturated rings. The Kier molecular flexibility index (Phi) is 6.22. The van der Waals surface area contributed by atoms with Crippen LogP contribution in [-0.2, 0) is 16.1 Å². The molecule has 170 valence electrons. The van der Waals surface area contributed by atoms with Gasteiger partial charge in [0.25, 0.3) is 0 Å². The van der Waals surface area contributed by atoms with Crippen molar-refractivity contribution in [3.8, 4) is 5.75 Å². The van der Waals surface area contributed by atoms with Crippen LogP contribution in [0.2, 0.25) is 0 Å². The number of carbonyl (C=O) groups excluding carboxylic acids is 2. The van der Waals surface area contributed by atoms with E-state index in [2.05, 4.69) is 15.4 Å². The predicted octanol–water partition coefficient (Wildman–Crippen LogP) is 4.26. The summed E-state index contributed by atoms with van der Waals surface area (Å²) in [5.74, 6) is 1.86. The molecule has 4 aliphatic carbocycles. The first-order valence-electron chi connectivity index (χ1n) is 11.4. The Morgan fingerprint density at radius 1 is 1.03 bits per heavy atom. The van der Waals surface area contributed by atoms with Gasteiger partial charge in [0.15, 0.2) is 0 Å². The molecule has 1 atom stereocenters. The summed E-state index contributed by atoms with van der Waals surface area (Å²) in [6, 6.07) is 5.57. The molecule has 0 aromatic heterocycles. The topological polar surface area (TPSA) is 67.4 Å². The zero-order valence-electron chi connectivity index (χ0n) is 18.2. The van der Waals surface area contributed by atoms with Crippen LogP contribution in [0.5, 0.6) is 5.75 Å². The highest BCUT2D eigenvalue weighted by molar-refractivity contribution is 5.90. The summed E-state index contributed by atoms with van der Waals surface area (Å²) in [5, 5.41) is 5.96. The van der Waals surface area contributed by atoms with Crippen LogP contribution in [-0.4, -0.2) is 24.5 Å². The number of hydrogen-bond donors (Lipinski definition) is 2. The number of ether oxygens (including phenoxy) is 1. The molecule has 2 N–H and O–H groups in total. The number of nitrogens with one attached hydrogen (secondary N) is 2. The van der Waals surface area contributed by atoms with Gasteiger partial charge in [0.1, 0.15) is 11.8 Å². The molecule has 0 heterocycles. The van der Waals surface area contributed by atoms with Crippen molar-refractivity contribution in [2.75, 3.05) is 0 Å². The SMILES string of the molecule is CC(C)[C@@H](NC(=O)C12CC3CC(CC(C3)C1)C2)C(=O)NCc1ccc(OC(F)F)cc1. The first kappa shape index (κ1) is 22.0. The van der Waals surface area contributed by atoms with E-state index in [-0.39, 0.29) is 35.4 Å². The van der Waals surface area contributed by atoms with Crippen molar-refractivity contribution in [1.29, 1.82) is 0 Å². The second-order valence-electron chi connectivity index (χ2n) is 10.1. The number of amides is 2. The quantitative estimate of drug-likeness (QED) is 0.642. The van der Waals surface area contributed by atoms with Crippen molar-refractivity contribution in [2.24, 2.45) is 29.1 Å². The fraction of sp³-hybridized carbons (Fsp3) is 0.667. The molecule has 4 saturated carbocycles. The Balaban J connectivity index is 1.35. The molecule has 4 bridgehead atoms. The maximum Gasteiger partial charge on any atom is 0.387 e. The van der Waals surface area contributed by atoms with Gasteiger partial charge in [0.2, 0.25) is 11.8 Å². The third kappa shape index (κ3) is 4.85. The van der Waals surface area contributed by atoms with Gasteiger partial charge in [-0.25, -0.2) is 0 Å². The van der Waals surface area contributed by atoms with E-state index in [1.165, 1.54) is 31.4 Å². The maximum atomic E-state index is 13.3. The van der Waals surface area contributed by atoms with Crippen molar-refractivity contribution >= 4 is 11.8 Å². The monoisotopic (exact) mass is 434 g/mol. The van der Waals surface area contributed by atoms with Gasteiger partial charge < -0.3 is 15.4 Å². The largest absolute Gasteiger partial charge is 0.435 e. The highest BCUT2D eigenvalue weighted by Gasteiger charge is 2.55. The van der Waals surface area contributed by atoms with Gasteiger partial charge >= 0.3 is 6.61 Å². The summed E-state index contributed by atoms with van der Waals surface area (Å²) in [5.41, 5.74) is 0.479. The van der Waals surface area contributed by atoms with Crippen molar-refractivity contribution in [1.82, 2.24) is 10.6 Å². The van der Waals surface area contributed by atoms with Crippen molar-refractivity contribution < 1.29 is 23.1 Å². The zero-order chi connectivity index (χ0) is 22.2. The van der Waals surface area contributed by atoms with Crippen molar-refractivity contribution in [2.45, 2.75) is 71.6 Å². The van der Waals surface area contributed by atoms with Crippen LogP contribution in [0.4, 0.5) is 8.78 Å². The average molecular weight is 435 g/mol. The van der Waals surface area contributed by atoms with Crippen LogP contribution < -0.4 is 15.4 Å². The van der Waals surface area contributed by atoms with E-state index in [0.29, 0.717) is 17.8 Å². The lowest BCUT2D eigenvalue weighted by molar-refractivity contribution is -0.149. The Morgan fingerprint density at radius 3 is 2.06 bits per heavy atom. The minimum Gasteiger partial charge on any atom is -0.435 e. The van der Waals surface area contributed by atoms with Crippen LogP contribution in [0.15, 0.2) is 24.3 Å². The molecule has 31 heavy (non-hydrogen) atoms. The molecule has 0 unspecified atom stereocenters. The summed E-state index contributed by atoms with van der Waals surface area (Å²) < 4.78 is 28.9. The predicted molar refractivity (Wildman–Crippen MR) is 112 cm³/mol. The molecule has 4 aliphatic rings. The average Bonchev–Trinajstić information content (AvgIpc) is 2.69. The van der Waals surface area contributed by atoms with E-state index in [1.807, 2.05) is 13.8 Å². The molecule has 0 aliphatic heterocycles. The van der Waals surface area contributed by atoms with Gasteiger partial charge in [-0.15, -0.1) is 0 Å². The molecule has 7 heteroatoms. The van der Waals surface area contributed by atoms with E-state index in [1.54, 1.807) is 12.1 Å². The third-order valence-electron chi connectivity index (χ3n) is 7.37. The standard InChI is InChI=1S/C24H32F2N2O3/c1-14(2)20(21(29)27-13-15-3-5-19(6-4-15)31-23(25)26)28-22(30)24-10-16-7-17(11-24)9-18(8-16)12-24/h3-6,14,16-18,20,23H,7-13H2,1-2H3,(H,27,29)(H,28,30)/t16?,17?,18?,20-,24?/m1/s1. The second-order valence-corrected chi connectivity index (χ2v) is 10.1. The third-order valence-corrected chi connectivity index (χ3v) is 7.37. The molecule has 5 rings (SSSR count). The van der Waals surface area contributed by atoms with Crippen molar-refractivity contribution in [3.63, 3.8) is 0 Å². The Labute approximate surface area is 182 Å². The number of carbonyl (C=O) groups is 2. The van der Waals surface area contributed by atoms with Gasteiger partial charge in [0.05, 0.1) is 0 Å². The number of hydrogen-bond acceptors (Lipinski definition) is 3. The molecule has 0 saturated heterocycles. The number of alkyl halides is 2. The fourth-order valence-corrected chi connectivity index (χ4v) is 6.31. The van der Waals surface area contributed by atoms with E-state index in [0.717, 1.165) is 24.8 Å². The summed E-state index contributed by atoms with van der Waals surface area (Å²) in [6.07, 6.45) is 6.68. The highest BCUT2D eigenvalue weighted by atomic mass is 19.3. The van der Waals surface area contributed by atoms with E-state index in [4.69, 9.17) is 0 Å². The Bertz CT molecular complexity index is 774. The molecule has 1 aromatic carbocycles. The van der Waals surface area contributed by atoms with E-state index >= 15 is 0 Å². The minimum atomic E-state index is -2.87. The first-order valence-corrected chi connectivity index (χ1v) is 11.4. The first-order chi connectivity index (χ1) is 14.7. The highest BCUT2D eigenvalue weighted by Crippen LogP contribution is 2.60. The fourth-order valence-electron chi connectivity index (χ4n) is 6.31. The Morgan fingerprint density at radius 2 is 1.58 bits per heavy atom. The Hall–Kier alpha value is -2.18. The lowest BCUT2D eigenvalue weighted by Gasteiger charge is -2.55. The zero-order valence-corrected chi connectivity index (χ0v) is 18.2. The maximum absolute atomic E-state index is 13.3. The lowest BCUT2D eigenvalue weighted by Crippen LogP contribution is -2.58. The number of halogens is 2. The molecular formula is C24H32F2N2O3. The molecule has 0 spiro atoms. The summed E-state index contributed by atoms with van der Waals surface area (Å²) >= 11 is 0. The van der Waals surface area contributed by atoms with Gasteiger partial charge in [-0.05, 0) is 79.9 Å². The van der Waals surface area contributed by atoms with Gasteiger partial charge in [-0.3, -0.25) is 9.59 Å². The molecule has 5 nitrogen and oxygen atoms in total. The molecular weight excluding hydrogens is 402 g/mol. The van der Waals surface area contributed by atoms with Crippen LogP contribution in [0.3, 0.4) is 0 Å². The molecule has 2 amide bonds. The van der Waals surface area contributed by atoms with Gasteiger partial charge in [-0.1, -0.05) is 26.0 Å². The molecule has 0 radical (unpaired) electrons. The van der Waals surface area contributed by atoms with E-state index < -0.39 is 12.7 Å². The van der Waals surface area contributed by atoms with Crippen LogP contribution in [0.1, 0.15) is 57.9 Å². The van der Waals surface area contributed by atoms with Gasteiger partial charge in [0, 0.05) is 12.0 Å².